The molecule has 0 aliphatic carbocycles. The number of guanidine groups is 1. The van der Waals surface area contributed by atoms with Gasteiger partial charge in [0.15, 0.2) is 5.96 Å². The van der Waals surface area contributed by atoms with Crippen LogP contribution in [0.5, 0.6) is 0 Å². The minimum Gasteiger partial charge on any atom is -0.357 e. The van der Waals surface area contributed by atoms with Crippen LogP contribution < -0.4 is 10.6 Å². The van der Waals surface area contributed by atoms with Crippen LogP contribution in [0.1, 0.15) is 51.0 Å². The van der Waals surface area contributed by atoms with Crippen molar-refractivity contribution in [2.24, 2.45) is 10.9 Å². The van der Waals surface area contributed by atoms with E-state index < -0.39 is 0 Å². The third-order valence-electron chi connectivity index (χ3n) is 6.44. The van der Waals surface area contributed by atoms with Crippen molar-refractivity contribution in [2.45, 2.75) is 51.9 Å². The van der Waals surface area contributed by atoms with Crippen molar-refractivity contribution in [3.63, 3.8) is 0 Å². The van der Waals surface area contributed by atoms with Gasteiger partial charge in [0, 0.05) is 26.2 Å². The van der Waals surface area contributed by atoms with Crippen molar-refractivity contribution in [1.29, 1.82) is 0 Å². The normalized spacial score (nSPS) is 18.4. The van der Waals surface area contributed by atoms with Crippen LogP contribution in [-0.4, -0.2) is 74.0 Å². The standard InChI is InChI=1S/C25H41N5O/c1-2-26-25(28-21-24(31)30-16-8-9-17-30)27-14-6-7-15-29-18-12-23(13-19-29)20-22-10-4-3-5-11-22/h3-5,10-11,23H,2,6-9,12-21H2,1H3,(H2,26,27,28). The van der Waals surface area contributed by atoms with E-state index >= 15 is 0 Å². The zero-order valence-electron chi connectivity index (χ0n) is 19.3. The molecule has 2 heterocycles. The SMILES string of the molecule is CCNC(=NCC(=O)N1CCCC1)NCCCCN1CCC(Cc2ccccc2)CC1. The molecule has 2 aliphatic heterocycles. The number of rotatable bonds is 10. The molecular weight excluding hydrogens is 386 g/mol. The van der Waals surface area contributed by atoms with Gasteiger partial charge in [-0.15, -0.1) is 0 Å². The molecule has 2 saturated heterocycles. The third-order valence-corrected chi connectivity index (χ3v) is 6.44. The van der Waals surface area contributed by atoms with E-state index in [0.29, 0.717) is 0 Å². The molecule has 0 bridgehead atoms. The number of carbonyl (C=O) groups is 1. The van der Waals surface area contributed by atoms with Crippen LogP contribution in [0.4, 0.5) is 0 Å². The number of hydrogen-bond donors (Lipinski definition) is 2. The van der Waals surface area contributed by atoms with Crippen LogP contribution in [-0.2, 0) is 11.2 Å². The van der Waals surface area contributed by atoms with Gasteiger partial charge in [-0.1, -0.05) is 30.3 Å². The van der Waals surface area contributed by atoms with E-state index in [2.05, 4.69) is 57.8 Å². The Bertz CT molecular complexity index is 664. The molecule has 0 radical (unpaired) electrons. The van der Waals surface area contributed by atoms with Gasteiger partial charge in [-0.05, 0) is 83.0 Å². The van der Waals surface area contributed by atoms with Gasteiger partial charge in [0.25, 0.3) is 0 Å². The average Bonchev–Trinajstić information content (AvgIpc) is 3.34. The molecule has 2 fully saturated rings. The molecule has 172 valence electrons. The Kier molecular flexibility index (Phi) is 10.2. The first kappa shape index (κ1) is 23.6. The number of hydrogen-bond acceptors (Lipinski definition) is 3. The molecule has 6 nitrogen and oxygen atoms in total. The van der Waals surface area contributed by atoms with Crippen molar-refractivity contribution >= 4 is 11.9 Å². The number of aliphatic imine (C=N–C) groups is 1. The Labute approximate surface area is 188 Å². The topological polar surface area (TPSA) is 60.0 Å². The van der Waals surface area contributed by atoms with Gasteiger partial charge in [0.1, 0.15) is 6.54 Å². The second-order valence-corrected chi connectivity index (χ2v) is 8.89. The summed E-state index contributed by atoms with van der Waals surface area (Å²) >= 11 is 0. The summed E-state index contributed by atoms with van der Waals surface area (Å²) in [6.07, 6.45) is 8.42. The van der Waals surface area contributed by atoms with E-state index in [9.17, 15) is 4.79 Å². The van der Waals surface area contributed by atoms with Crippen molar-refractivity contribution in [3.8, 4) is 0 Å². The van der Waals surface area contributed by atoms with E-state index in [1.165, 1.54) is 50.9 Å². The van der Waals surface area contributed by atoms with E-state index in [-0.39, 0.29) is 12.5 Å². The quantitative estimate of drug-likeness (QED) is 0.342. The Morgan fingerprint density at radius 1 is 1.03 bits per heavy atom. The molecule has 2 N–H and O–H groups in total. The van der Waals surface area contributed by atoms with Gasteiger partial charge >= 0.3 is 0 Å². The number of likely N-dealkylation sites (tertiary alicyclic amines) is 2. The number of amides is 1. The molecule has 0 aromatic heterocycles. The molecule has 0 atom stereocenters. The number of piperidine rings is 1. The highest BCUT2D eigenvalue weighted by atomic mass is 16.2. The first-order valence-corrected chi connectivity index (χ1v) is 12.3. The summed E-state index contributed by atoms with van der Waals surface area (Å²) in [5.74, 6) is 1.74. The number of unbranched alkanes of at least 4 members (excludes halogenated alkanes) is 1. The molecular formula is C25H41N5O. The van der Waals surface area contributed by atoms with Crippen LogP contribution in [0.15, 0.2) is 35.3 Å². The van der Waals surface area contributed by atoms with Gasteiger partial charge < -0.3 is 20.4 Å². The van der Waals surface area contributed by atoms with Gasteiger partial charge in [0.05, 0.1) is 0 Å². The molecule has 6 heteroatoms. The zero-order valence-corrected chi connectivity index (χ0v) is 19.3. The van der Waals surface area contributed by atoms with Crippen LogP contribution in [0.2, 0.25) is 0 Å². The Balaban J connectivity index is 1.26. The number of nitrogens with one attached hydrogen (secondary N) is 2. The smallest absolute Gasteiger partial charge is 0.244 e. The molecule has 2 aliphatic rings. The second kappa shape index (κ2) is 13.4. The summed E-state index contributed by atoms with van der Waals surface area (Å²) in [6, 6.07) is 10.9. The fourth-order valence-electron chi connectivity index (χ4n) is 4.58. The van der Waals surface area contributed by atoms with Crippen LogP contribution in [0.3, 0.4) is 0 Å². The number of benzene rings is 1. The van der Waals surface area contributed by atoms with E-state index in [1.807, 2.05) is 4.90 Å². The predicted octanol–water partition coefficient (Wildman–Crippen LogP) is 2.90. The molecule has 0 spiro atoms. The van der Waals surface area contributed by atoms with Crippen LogP contribution in [0, 0.1) is 5.92 Å². The van der Waals surface area contributed by atoms with Crippen molar-refractivity contribution in [2.75, 3.05) is 52.4 Å². The monoisotopic (exact) mass is 427 g/mol. The maximum absolute atomic E-state index is 12.2. The Hall–Kier alpha value is -2.08. The Morgan fingerprint density at radius 2 is 1.77 bits per heavy atom. The number of carbonyl (C=O) groups excluding carboxylic acids is 1. The highest BCUT2D eigenvalue weighted by Crippen LogP contribution is 2.21. The molecule has 31 heavy (non-hydrogen) atoms. The highest BCUT2D eigenvalue weighted by molar-refractivity contribution is 5.85. The minimum atomic E-state index is 0.144. The molecule has 0 saturated carbocycles. The molecule has 3 rings (SSSR count). The lowest BCUT2D eigenvalue weighted by Gasteiger charge is -2.32. The lowest BCUT2D eigenvalue weighted by atomic mass is 9.90. The van der Waals surface area contributed by atoms with Crippen molar-refractivity contribution in [1.82, 2.24) is 20.4 Å². The minimum absolute atomic E-state index is 0.144. The summed E-state index contributed by atoms with van der Waals surface area (Å²) in [7, 11) is 0. The first-order valence-electron chi connectivity index (χ1n) is 12.3. The Morgan fingerprint density at radius 3 is 2.48 bits per heavy atom. The second-order valence-electron chi connectivity index (χ2n) is 8.89. The van der Waals surface area contributed by atoms with E-state index in [4.69, 9.17) is 0 Å². The molecule has 0 unspecified atom stereocenters. The highest BCUT2D eigenvalue weighted by Gasteiger charge is 2.19. The van der Waals surface area contributed by atoms with Gasteiger partial charge in [-0.25, -0.2) is 4.99 Å². The van der Waals surface area contributed by atoms with Gasteiger partial charge in [-0.3, -0.25) is 4.79 Å². The van der Waals surface area contributed by atoms with Crippen LogP contribution >= 0.6 is 0 Å². The van der Waals surface area contributed by atoms with Gasteiger partial charge in [-0.2, -0.15) is 0 Å². The fourth-order valence-corrected chi connectivity index (χ4v) is 4.58. The third kappa shape index (κ3) is 8.52. The summed E-state index contributed by atoms with van der Waals surface area (Å²) in [5, 5.41) is 6.64. The number of nitrogens with zero attached hydrogens (tertiary/aromatic N) is 3. The maximum atomic E-state index is 12.2. The lowest BCUT2D eigenvalue weighted by molar-refractivity contribution is -0.128. The first-order chi connectivity index (χ1) is 15.2. The van der Waals surface area contributed by atoms with Gasteiger partial charge in [0.2, 0.25) is 5.91 Å². The van der Waals surface area contributed by atoms with E-state index in [1.54, 1.807) is 0 Å². The summed E-state index contributed by atoms with van der Waals surface area (Å²) in [6.45, 7) is 9.43. The largest absolute Gasteiger partial charge is 0.357 e. The van der Waals surface area contributed by atoms with Crippen molar-refractivity contribution < 1.29 is 4.79 Å². The van der Waals surface area contributed by atoms with Crippen molar-refractivity contribution in [3.05, 3.63) is 35.9 Å². The molecule has 1 amide bonds. The summed E-state index contributed by atoms with van der Waals surface area (Å²) < 4.78 is 0. The predicted molar refractivity (Wildman–Crippen MR) is 128 cm³/mol. The van der Waals surface area contributed by atoms with Crippen LogP contribution in [0.25, 0.3) is 0 Å². The van der Waals surface area contributed by atoms with E-state index in [0.717, 1.165) is 57.3 Å². The summed E-state index contributed by atoms with van der Waals surface area (Å²) in [5.41, 5.74) is 1.48. The summed E-state index contributed by atoms with van der Waals surface area (Å²) in [4.78, 5) is 21.2. The average molecular weight is 428 g/mol. The fraction of sp³-hybridized carbons (Fsp3) is 0.680. The lowest BCUT2D eigenvalue weighted by Crippen LogP contribution is -2.39. The molecule has 1 aromatic carbocycles. The zero-order chi connectivity index (χ0) is 21.7. The molecule has 1 aromatic rings. The maximum Gasteiger partial charge on any atom is 0.244 e.